The van der Waals surface area contributed by atoms with E-state index in [1.165, 1.54) is 6.07 Å². The molecule has 0 unspecified atom stereocenters. The van der Waals surface area contributed by atoms with Gasteiger partial charge in [0.05, 0.1) is 0 Å². The number of halogens is 2. The van der Waals surface area contributed by atoms with Crippen LogP contribution in [0.25, 0.3) is 0 Å². The number of amides is 3. The van der Waals surface area contributed by atoms with Crippen molar-refractivity contribution in [2.45, 2.75) is 12.8 Å². The summed E-state index contributed by atoms with van der Waals surface area (Å²) in [6.45, 7) is 0.251. The van der Waals surface area contributed by atoms with Crippen molar-refractivity contribution in [3.05, 3.63) is 35.6 Å². The maximum atomic E-state index is 13.2. The maximum Gasteiger partial charge on any atom is 0.321 e. The molecule has 0 heterocycles. The fraction of sp³-hybridized carbons (Fsp3) is 0.333. The molecule has 0 aliphatic rings. The molecule has 0 atom stereocenters. The van der Waals surface area contributed by atoms with Crippen molar-refractivity contribution >= 4 is 23.5 Å². The average molecular weight is 273 g/mol. The van der Waals surface area contributed by atoms with Gasteiger partial charge in [-0.3, -0.25) is 10.1 Å². The normalized spacial score (nSPS) is 9.89. The van der Waals surface area contributed by atoms with Crippen LogP contribution in [0.15, 0.2) is 24.3 Å². The van der Waals surface area contributed by atoms with Gasteiger partial charge in [-0.15, -0.1) is 11.6 Å². The molecule has 3 amide bonds. The van der Waals surface area contributed by atoms with E-state index in [0.717, 1.165) is 0 Å². The lowest BCUT2D eigenvalue weighted by atomic mass is 10.1. The summed E-state index contributed by atoms with van der Waals surface area (Å²) >= 11 is 5.35. The summed E-state index contributed by atoms with van der Waals surface area (Å²) in [6.07, 6.45) is 0.450. The van der Waals surface area contributed by atoms with Gasteiger partial charge in [0.25, 0.3) is 0 Å². The summed E-state index contributed by atoms with van der Waals surface area (Å²) in [5.74, 6) is -0.583. The number of urea groups is 1. The molecule has 0 saturated carbocycles. The molecule has 18 heavy (non-hydrogen) atoms. The number of hydrogen-bond donors (Lipinski definition) is 2. The third-order valence-corrected chi connectivity index (χ3v) is 2.40. The standard InChI is InChI=1S/C12H14ClFN2O2/c13-7-5-11(17)16-12(18)15-8-6-9-3-1-2-4-10(9)14/h1-4H,5-8H2,(H2,15,16,17,18). The summed E-state index contributed by atoms with van der Waals surface area (Å²) in [4.78, 5) is 22.2. The summed E-state index contributed by atoms with van der Waals surface area (Å²) in [6, 6.07) is 5.74. The van der Waals surface area contributed by atoms with E-state index in [0.29, 0.717) is 12.0 Å². The van der Waals surface area contributed by atoms with Crippen LogP contribution >= 0.6 is 11.6 Å². The van der Waals surface area contributed by atoms with Crippen LogP contribution in [0, 0.1) is 5.82 Å². The first kappa shape index (κ1) is 14.4. The highest BCUT2D eigenvalue weighted by Gasteiger charge is 2.06. The highest BCUT2D eigenvalue weighted by molar-refractivity contribution is 6.19. The Hall–Kier alpha value is -1.62. The van der Waals surface area contributed by atoms with Crippen LogP contribution in [-0.4, -0.2) is 24.4 Å². The number of benzene rings is 1. The van der Waals surface area contributed by atoms with E-state index in [9.17, 15) is 14.0 Å². The number of rotatable bonds is 5. The number of carbonyl (C=O) groups excluding carboxylic acids is 2. The van der Waals surface area contributed by atoms with E-state index in [-0.39, 0.29) is 24.7 Å². The minimum Gasteiger partial charge on any atom is -0.337 e. The van der Waals surface area contributed by atoms with E-state index >= 15 is 0 Å². The lowest BCUT2D eigenvalue weighted by Crippen LogP contribution is -2.40. The highest BCUT2D eigenvalue weighted by Crippen LogP contribution is 2.05. The van der Waals surface area contributed by atoms with Gasteiger partial charge in [-0.25, -0.2) is 9.18 Å². The molecule has 0 bridgehead atoms. The largest absolute Gasteiger partial charge is 0.337 e. The molecule has 4 nitrogen and oxygen atoms in total. The van der Waals surface area contributed by atoms with Crippen LogP contribution in [0.1, 0.15) is 12.0 Å². The smallest absolute Gasteiger partial charge is 0.321 e. The van der Waals surface area contributed by atoms with Crippen molar-refractivity contribution in [2.24, 2.45) is 0 Å². The van der Waals surface area contributed by atoms with Crippen molar-refractivity contribution in [1.29, 1.82) is 0 Å². The molecule has 0 saturated heterocycles. The van der Waals surface area contributed by atoms with Crippen molar-refractivity contribution in [3.63, 3.8) is 0 Å². The zero-order chi connectivity index (χ0) is 13.4. The van der Waals surface area contributed by atoms with Gasteiger partial charge >= 0.3 is 6.03 Å². The Morgan fingerprint density at radius 3 is 2.67 bits per heavy atom. The number of carbonyl (C=O) groups is 2. The molecule has 1 rings (SSSR count). The zero-order valence-electron chi connectivity index (χ0n) is 9.71. The Balaban J connectivity index is 2.28. The average Bonchev–Trinajstić information content (AvgIpc) is 2.31. The van der Waals surface area contributed by atoms with Crippen LogP contribution in [0.2, 0.25) is 0 Å². The number of imide groups is 1. The van der Waals surface area contributed by atoms with Gasteiger partial charge in [-0.1, -0.05) is 18.2 Å². The zero-order valence-corrected chi connectivity index (χ0v) is 10.5. The van der Waals surface area contributed by atoms with Crippen LogP contribution in [0.5, 0.6) is 0 Å². The van der Waals surface area contributed by atoms with Crippen LogP contribution < -0.4 is 10.6 Å². The lowest BCUT2D eigenvalue weighted by Gasteiger charge is -2.06. The van der Waals surface area contributed by atoms with Gasteiger partial charge < -0.3 is 5.32 Å². The molecule has 0 aromatic heterocycles. The van der Waals surface area contributed by atoms with Crippen LogP contribution in [-0.2, 0) is 11.2 Å². The quantitative estimate of drug-likeness (QED) is 0.804. The third-order valence-electron chi connectivity index (χ3n) is 2.21. The van der Waals surface area contributed by atoms with E-state index in [1.807, 2.05) is 0 Å². The van der Waals surface area contributed by atoms with E-state index in [1.54, 1.807) is 18.2 Å². The second-order valence-electron chi connectivity index (χ2n) is 3.58. The molecule has 98 valence electrons. The van der Waals surface area contributed by atoms with E-state index in [4.69, 9.17) is 11.6 Å². The summed E-state index contributed by atoms with van der Waals surface area (Å²) < 4.78 is 13.2. The molecular formula is C12H14ClFN2O2. The van der Waals surface area contributed by atoms with Gasteiger partial charge in [0, 0.05) is 18.8 Å². The molecule has 0 aliphatic heterocycles. The van der Waals surface area contributed by atoms with E-state index in [2.05, 4.69) is 10.6 Å². The minimum atomic E-state index is -0.596. The van der Waals surface area contributed by atoms with Gasteiger partial charge in [0.1, 0.15) is 5.82 Å². The Morgan fingerprint density at radius 1 is 1.28 bits per heavy atom. The highest BCUT2D eigenvalue weighted by atomic mass is 35.5. The molecule has 0 aliphatic carbocycles. The first-order valence-electron chi connectivity index (χ1n) is 5.50. The Bertz CT molecular complexity index is 426. The van der Waals surface area contributed by atoms with Crippen molar-refractivity contribution in [2.75, 3.05) is 12.4 Å². The maximum absolute atomic E-state index is 13.2. The topological polar surface area (TPSA) is 58.2 Å². The fourth-order valence-electron chi connectivity index (χ4n) is 1.33. The van der Waals surface area contributed by atoms with Gasteiger partial charge in [0.2, 0.25) is 5.91 Å². The molecular weight excluding hydrogens is 259 g/mol. The van der Waals surface area contributed by atoms with Crippen molar-refractivity contribution in [1.82, 2.24) is 10.6 Å². The molecule has 0 radical (unpaired) electrons. The number of nitrogens with one attached hydrogen (secondary N) is 2. The van der Waals surface area contributed by atoms with Crippen LogP contribution in [0.3, 0.4) is 0 Å². The SMILES string of the molecule is O=C(CCCl)NC(=O)NCCc1ccccc1F. The third kappa shape index (κ3) is 5.14. The molecule has 1 aromatic rings. The van der Waals surface area contributed by atoms with Crippen LogP contribution in [0.4, 0.5) is 9.18 Å². The van der Waals surface area contributed by atoms with Gasteiger partial charge in [-0.05, 0) is 18.1 Å². The Morgan fingerprint density at radius 2 is 2.00 bits per heavy atom. The Kier molecular flexibility index (Phi) is 6.14. The predicted octanol–water partition coefficient (Wildman–Crippen LogP) is 1.82. The molecule has 0 fully saturated rings. The second kappa shape index (κ2) is 7.66. The minimum absolute atomic E-state index is 0.0856. The summed E-state index contributed by atoms with van der Waals surface area (Å²) in [7, 11) is 0. The van der Waals surface area contributed by atoms with Crippen molar-refractivity contribution < 1.29 is 14.0 Å². The molecule has 0 spiro atoms. The molecule has 6 heteroatoms. The first-order chi connectivity index (χ1) is 8.63. The van der Waals surface area contributed by atoms with Gasteiger partial charge in [-0.2, -0.15) is 0 Å². The monoisotopic (exact) mass is 272 g/mol. The molecule has 1 aromatic carbocycles. The lowest BCUT2D eigenvalue weighted by molar-refractivity contribution is -0.119. The number of hydrogen-bond acceptors (Lipinski definition) is 2. The summed E-state index contributed by atoms with van der Waals surface area (Å²) in [5.41, 5.74) is 0.518. The van der Waals surface area contributed by atoms with Gasteiger partial charge in [0.15, 0.2) is 0 Å². The van der Waals surface area contributed by atoms with E-state index < -0.39 is 11.9 Å². The predicted molar refractivity (Wildman–Crippen MR) is 67.0 cm³/mol. The molecule has 2 N–H and O–H groups in total. The fourth-order valence-corrected chi connectivity index (χ4v) is 1.50. The number of alkyl halides is 1. The van der Waals surface area contributed by atoms with Crippen molar-refractivity contribution in [3.8, 4) is 0 Å². The Labute approximate surface area is 110 Å². The first-order valence-corrected chi connectivity index (χ1v) is 6.04. The second-order valence-corrected chi connectivity index (χ2v) is 3.96. The summed E-state index contributed by atoms with van der Waals surface area (Å²) in [5, 5.41) is 4.58.